The fraction of sp³-hybridized carbons (Fsp3) is 0.133. The molecule has 0 radical (unpaired) electrons. The van der Waals surface area contributed by atoms with E-state index in [1.54, 1.807) is 23.8 Å². The molecule has 0 unspecified atom stereocenters. The van der Waals surface area contributed by atoms with E-state index in [1.165, 1.54) is 6.07 Å². The van der Waals surface area contributed by atoms with Gasteiger partial charge in [0, 0.05) is 11.1 Å². The van der Waals surface area contributed by atoms with E-state index in [-0.39, 0.29) is 5.75 Å². The number of aryl methyl sites for hydroxylation is 1. The van der Waals surface area contributed by atoms with Crippen LogP contribution >= 0.6 is 11.6 Å². The van der Waals surface area contributed by atoms with Crippen molar-refractivity contribution in [2.24, 2.45) is 0 Å². The van der Waals surface area contributed by atoms with E-state index < -0.39 is 38.9 Å². The minimum atomic E-state index is -3.90. The van der Waals surface area contributed by atoms with Gasteiger partial charge in [0.2, 0.25) is 10.0 Å². The average Bonchev–Trinajstić information content (AvgIpc) is 2.44. The molecule has 0 aliphatic rings. The first-order chi connectivity index (χ1) is 11.1. The Morgan fingerprint density at radius 1 is 1.12 bits per heavy atom. The Balaban J connectivity index is 2.36. The molecule has 9 heteroatoms. The van der Waals surface area contributed by atoms with E-state index in [0.29, 0.717) is 22.7 Å². The van der Waals surface area contributed by atoms with Crippen molar-refractivity contribution in [2.45, 2.75) is 6.92 Å². The number of sulfonamides is 1. The lowest BCUT2D eigenvalue weighted by atomic mass is 10.2. The van der Waals surface area contributed by atoms with E-state index in [4.69, 9.17) is 16.3 Å². The summed E-state index contributed by atoms with van der Waals surface area (Å²) in [6.45, 7) is 1.69. The van der Waals surface area contributed by atoms with Gasteiger partial charge in [-0.15, -0.1) is 0 Å². The first kappa shape index (κ1) is 18.2. The SMILES string of the molecule is Cc1ccc(Cl)cc1Oc1cc(F)c(C(=O)NS(C)(=O)=O)cc1F. The average molecular weight is 376 g/mol. The largest absolute Gasteiger partial charge is 0.454 e. The highest BCUT2D eigenvalue weighted by molar-refractivity contribution is 7.89. The molecule has 0 bridgehead atoms. The van der Waals surface area contributed by atoms with Crippen LogP contribution in [-0.4, -0.2) is 20.6 Å². The van der Waals surface area contributed by atoms with Crippen LogP contribution in [-0.2, 0) is 10.0 Å². The lowest BCUT2D eigenvalue weighted by molar-refractivity contribution is 0.0977. The summed E-state index contributed by atoms with van der Waals surface area (Å²) in [7, 11) is -3.90. The Hall–Kier alpha value is -2.19. The normalized spacial score (nSPS) is 11.2. The predicted molar refractivity (Wildman–Crippen MR) is 84.9 cm³/mol. The Bertz CT molecular complexity index is 916. The summed E-state index contributed by atoms with van der Waals surface area (Å²) in [4.78, 5) is 11.6. The molecule has 0 aliphatic carbocycles. The number of halogens is 3. The number of carbonyl (C=O) groups is 1. The van der Waals surface area contributed by atoms with Gasteiger partial charge < -0.3 is 4.74 Å². The third kappa shape index (κ3) is 4.42. The Labute approximate surface area is 142 Å². The quantitative estimate of drug-likeness (QED) is 0.888. The molecule has 2 aromatic rings. The second-order valence-corrected chi connectivity index (χ2v) is 7.16. The van der Waals surface area contributed by atoms with Crippen molar-refractivity contribution in [3.8, 4) is 11.5 Å². The highest BCUT2D eigenvalue weighted by Gasteiger charge is 2.20. The van der Waals surface area contributed by atoms with Crippen molar-refractivity contribution < 1.29 is 26.7 Å². The third-order valence-electron chi connectivity index (χ3n) is 2.91. The molecule has 0 spiro atoms. The van der Waals surface area contributed by atoms with Gasteiger partial charge in [0.1, 0.15) is 11.6 Å². The Morgan fingerprint density at radius 2 is 1.79 bits per heavy atom. The van der Waals surface area contributed by atoms with E-state index in [1.807, 2.05) is 0 Å². The number of amides is 1. The standard InChI is InChI=1S/C15H12ClF2NO4S/c1-8-3-4-9(16)5-13(8)23-14-7-11(17)10(6-12(14)18)15(20)19-24(2,21)22/h3-7H,1-2H3,(H,19,20). The lowest BCUT2D eigenvalue weighted by Crippen LogP contribution is -2.30. The maximum absolute atomic E-state index is 14.1. The van der Waals surface area contributed by atoms with Gasteiger partial charge in [-0.2, -0.15) is 0 Å². The summed E-state index contributed by atoms with van der Waals surface area (Å²) in [5.74, 6) is -3.69. The molecule has 0 heterocycles. The van der Waals surface area contributed by atoms with E-state index in [9.17, 15) is 22.0 Å². The van der Waals surface area contributed by atoms with Crippen LogP contribution < -0.4 is 9.46 Å². The van der Waals surface area contributed by atoms with Gasteiger partial charge in [-0.3, -0.25) is 4.79 Å². The number of hydrogen-bond donors (Lipinski definition) is 1. The molecule has 0 atom stereocenters. The zero-order chi connectivity index (χ0) is 18.1. The van der Waals surface area contributed by atoms with Crippen molar-refractivity contribution in [3.63, 3.8) is 0 Å². The molecule has 0 saturated carbocycles. The summed E-state index contributed by atoms with van der Waals surface area (Å²) in [5.41, 5.74) is -0.119. The van der Waals surface area contributed by atoms with Crippen molar-refractivity contribution in [2.75, 3.05) is 6.26 Å². The van der Waals surface area contributed by atoms with Crippen LogP contribution in [0.2, 0.25) is 5.02 Å². The summed E-state index contributed by atoms with van der Waals surface area (Å²) >= 11 is 5.82. The number of ether oxygens (including phenoxy) is 1. The van der Waals surface area contributed by atoms with Crippen LogP contribution in [0.1, 0.15) is 15.9 Å². The van der Waals surface area contributed by atoms with Crippen LogP contribution in [0.4, 0.5) is 8.78 Å². The van der Waals surface area contributed by atoms with Crippen LogP contribution in [0.5, 0.6) is 11.5 Å². The summed E-state index contributed by atoms with van der Waals surface area (Å²) in [5, 5.41) is 0.348. The van der Waals surface area contributed by atoms with Gasteiger partial charge in [-0.05, 0) is 30.7 Å². The Morgan fingerprint density at radius 3 is 2.42 bits per heavy atom. The maximum Gasteiger partial charge on any atom is 0.267 e. The second-order valence-electron chi connectivity index (χ2n) is 4.98. The predicted octanol–water partition coefficient (Wildman–Crippen LogP) is 3.41. The molecule has 0 aromatic heterocycles. The third-order valence-corrected chi connectivity index (χ3v) is 3.71. The molecule has 0 saturated heterocycles. The second kappa shape index (κ2) is 6.74. The Kier molecular flexibility index (Phi) is 5.10. The minimum Gasteiger partial charge on any atom is -0.454 e. The number of hydrogen-bond acceptors (Lipinski definition) is 4. The van der Waals surface area contributed by atoms with Crippen molar-refractivity contribution in [1.29, 1.82) is 0 Å². The summed E-state index contributed by atoms with van der Waals surface area (Å²) < 4.78 is 56.9. The molecular formula is C15H12ClF2NO4S. The molecule has 128 valence electrons. The molecule has 2 rings (SSSR count). The van der Waals surface area contributed by atoms with Gasteiger partial charge in [-0.1, -0.05) is 17.7 Å². The van der Waals surface area contributed by atoms with E-state index in [0.717, 1.165) is 6.26 Å². The molecule has 2 aromatic carbocycles. The van der Waals surface area contributed by atoms with E-state index in [2.05, 4.69) is 0 Å². The first-order valence-electron chi connectivity index (χ1n) is 6.52. The highest BCUT2D eigenvalue weighted by Crippen LogP contribution is 2.31. The lowest BCUT2D eigenvalue weighted by Gasteiger charge is -2.11. The van der Waals surface area contributed by atoms with Crippen LogP contribution in [0.15, 0.2) is 30.3 Å². The number of carbonyl (C=O) groups excluding carboxylic acids is 1. The number of benzene rings is 2. The van der Waals surface area contributed by atoms with Crippen molar-refractivity contribution >= 4 is 27.5 Å². The van der Waals surface area contributed by atoms with E-state index >= 15 is 0 Å². The molecule has 0 fully saturated rings. The molecule has 1 amide bonds. The molecule has 24 heavy (non-hydrogen) atoms. The molecular weight excluding hydrogens is 364 g/mol. The summed E-state index contributed by atoms with van der Waals surface area (Å²) in [6, 6.07) is 5.90. The smallest absolute Gasteiger partial charge is 0.267 e. The minimum absolute atomic E-state index is 0.217. The van der Waals surface area contributed by atoms with Crippen LogP contribution in [0.3, 0.4) is 0 Å². The van der Waals surface area contributed by atoms with Gasteiger partial charge in [-0.25, -0.2) is 21.9 Å². The van der Waals surface area contributed by atoms with Gasteiger partial charge in [0.25, 0.3) is 5.91 Å². The van der Waals surface area contributed by atoms with Gasteiger partial charge in [0.15, 0.2) is 11.6 Å². The molecule has 1 N–H and O–H groups in total. The van der Waals surface area contributed by atoms with Crippen LogP contribution in [0, 0.1) is 18.6 Å². The van der Waals surface area contributed by atoms with Crippen molar-refractivity contribution in [3.05, 3.63) is 58.1 Å². The molecule has 0 aliphatic heterocycles. The van der Waals surface area contributed by atoms with Gasteiger partial charge >= 0.3 is 0 Å². The fourth-order valence-electron chi connectivity index (χ4n) is 1.81. The fourth-order valence-corrected chi connectivity index (χ4v) is 2.42. The topological polar surface area (TPSA) is 72.5 Å². The monoisotopic (exact) mass is 375 g/mol. The number of rotatable bonds is 4. The van der Waals surface area contributed by atoms with Gasteiger partial charge in [0.05, 0.1) is 11.8 Å². The summed E-state index contributed by atoms with van der Waals surface area (Å²) in [6.07, 6.45) is 0.721. The maximum atomic E-state index is 14.1. The molecule has 5 nitrogen and oxygen atoms in total. The van der Waals surface area contributed by atoms with Crippen LogP contribution in [0.25, 0.3) is 0 Å². The zero-order valence-corrected chi connectivity index (χ0v) is 14.1. The zero-order valence-electron chi connectivity index (χ0n) is 12.6. The first-order valence-corrected chi connectivity index (χ1v) is 8.79. The van der Waals surface area contributed by atoms with Crippen molar-refractivity contribution in [1.82, 2.24) is 4.72 Å². The highest BCUT2D eigenvalue weighted by atomic mass is 35.5. The number of nitrogens with one attached hydrogen (secondary N) is 1.